The van der Waals surface area contributed by atoms with Crippen LogP contribution in [0.25, 0.3) is 0 Å². The molecule has 0 N–H and O–H groups in total. The molecule has 4 heterocycles. The molecule has 0 saturated carbocycles. The average Bonchev–Trinajstić information content (AvgIpc) is 2.88. The van der Waals surface area contributed by atoms with E-state index < -0.39 is 61.0 Å². The van der Waals surface area contributed by atoms with Crippen LogP contribution < -0.4 is 0 Å². The minimum absolute atomic E-state index is 2.64. The molecule has 2 saturated heterocycles. The summed E-state index contributed by atoms with van der Waals surface area (Å²) >= 11 is 0. The van der Waals surface area contributed by atoms with Crippen molar-refractivity contribution in [2.24, 2.45) is 0 Å². The third-order valence-corrected chi connectivity index (χ3v) is 13.0. The van der Waals surface area contributed by atoms with Gasteiger partial charge in [0.15, 0.2) is 0 Å². The smallest absolute Gasteiger partial charge is 0.170 e. The molecule has 0 aromatic heterocycles. The number of rotatable bonds is 0. The summed E-state index contributed by atoms with van der Waals surface area (Å²) in [4.78, 5) is -7.78. The standard InChI is InChI=1S/C8F12P2/c9-3(10,11)1-2(4(12,13)14)22-5(7(15,16)17)6(22,21(1)5)8(18,19)20. The summed E-state index contributed by atoms with van der Waals surface area (Å²) in [5, 5.41) is -5.29. The van der Waals surface area contributed by atoms with Crippen LogP contribution in [0.1, 0.15) is 0 Å². The summed E-state index contributed by atoms with van der Waals surface area (Å²) in [7, 11) is -8.05. The lowest BCUT2D eigenvalue weighted by Gasteiger charge is -2.18. The fourth-order valence-corrected chi connectivity index (χ4v) is 13.9. The van der Waals surface area contributed by atoms with Crippen LogP contribution in [0, 0.1) is 0 Å². The van der Waals surface area contributed by atoms with Crippen LogP contribution in [0.15, 0.2) is 10.6 Å². The Balaban J connectivity index is 2.22. The van der Waals surface area contributed by atoms with E-state index in [4.69, 9.17) is 0 Å². The van der Waals surface area contributed by atoms with E-state index in [0.29, 0.717) is 0 Å². The maximum atomic E-state index is 12.9. The third-order valence-electron chi connectivity index (χ3n) is 3.68. The van der Waals surface area contributed by atoms with Gasteiger partial charge in [0.25, 0.3) is 0 Å². The molecule has 0 aromatic rings. The van der Waals surface area contributed by atoms with E-state index in [1.54, 1.807) is 0 Å². The van der Waals surface area contributed by atoms with Gasteiger partial charge in [0.2, 0.25) is 0 Å². The van der Waals surface area contributed by atoms with Crippen LogP contribution >= 0.6 is 15.8 Å². The first-order chi connectivity index (χ1) is 9.48. The summed E-state index contributed by atoms with van der Waals surface area (Å²) < 4.78 is 153. The van der Waals surface area contributed by atoms with Crippen LogP contribution in [-0.4, -0.2) is 34.5 Å². The van der Waals surface area contributed by atoms with Crippen LogP contribution in [0.4, 0.5) is 52.7 Å². The summed E-state index contributed by atoms with van der Waals surface area (Å²) in [6, 6.07) is 0. The summed E-state index contributed by atoms with van der Waals surface area (Å²) in [5.74, 6) is 0. The molecule has 22 heavy (non-hydrogen) atoms. The quantitative estimate of drug-likeness (QED) is 0.362. The normalized spacial score (nSPS) is 40.9. The van der Waals surface area contributed by atoms with E-state index in [-0.39, 0.29) is 0 Å². The lowest BCUT2D eigenvalue weighted by Crippen LogP contribution is -2.26. The lowest BCUT2D eigenvalue weighted by atomic mass is 10.3. The van der Waals surface area contributed by atoms with Crippen LogP contribution in [0.5, 0.6) is 0 Å². The zero-order chi connectivity index (χ0) is 17.3. The minimum Gasteiger partial charge on any atom is -0.170 e. The molecule has 0 nitrogen and oxygen atoms in total. The molecular weight excluding hydrogens is 386 g/mol. The molecule has 4 aliphatic rings. The maximum Gasteiger partial charge on any atom is 0.417 e. The second-order valence-electron chi connectivity index (χ2n) is 4.70. The minimum atomic E-state index is -5.87. The van der Waals surface area contributed by atoms with Crippen LogP contribution in [-0.2, 0) is 0 Å². The van der Waals surface area contributed by atoms with Crippen molar-refractivity contribution < 1.29 is 52.7 Å². The van der Waals surface area contributed by atoms with Gasteiger partial charge in [0.1, 0.15) is 9.79 Å². The number of halogens is 12. The number of allylic oxidation sites excluding steroid dienone is 2. The average molecular weight is 386 g/mol. The van der Waals surface area contributed by atoms with E-state index in [0.717, 1.165) is 0 Å². The number of hydrogen-bond acceptors (Lipinski definition) is 0. The second-order valence-corrected chi connectivity index (χ2v) is 10.3. The van der Waals surface area contributed by atoms with E-state index in [1.807, 2.05) is 0 Å². The number of hydrogen-bond donors (Lipinski definition) is 0. The Morgan fingerprint density at radius 2 is 0.727 bits per heavy atom. The Morgan fingerprint density at radius 3 is 0.864 bits per heavy atom. The molecule has 0 aliphatic carbocycles. The molecule has 0 aromatic carbocycles. The Morgan fingerprint density at radius 1 is 0.500 bits per heavy atom. The Bertz CT molecular complexity index is 526. The molecule has 4 aliphatic heterocycles. The van der Waals surface area contributed by atoms with Gasteiger partial charge in [-0.1, -0.05) is 0 Å². The highest BCUT2D eigenvalue weighted by molar-refractivity contribution is 8.14. The molecule has 0 spiro atoms. The van der Waals surface area contributed by atoms with Gasteiger partial charge in [-0.2, -0.15) is 52.7 Å². The Hall–Kier alpha value is -0.240. The van der Waals surface area contributed by atoms with Crippen molar-refractivity contribution in [2.75, 3.05) is 0 Å². The summed E-state index contributed by atoms with van der Waals surface area (Å²) in [5.41, 5.74) is 0. The molecule has 14 heteroatoms. The maximum absolute atomic E-state index is 12.9. The molecule has 0 amide bonds. The zero-order valence-corrected chi connectivity index (χ0v) is 11.2. The summed E-state index contributed by atoms with van der Waals surface area (Å²) in [6.07, 6.45) is -23.3. The van der Waals surface area contributed by atoms with Crippen molar-refractivity contribution in [1.82, 2.24) is 0 Å². The molecule has 2 fully saturated rings. The molecule has 4 rings (SSSR count). The highest BCUT2D eigenvalue weighted by Crippen LogP contribution is 3.29. The Labute approximate surface area is 115 Å². The molecule has 2 bridgehead atoms. The summed E-state index contributed by atoms with van der Waals surface area (Å²) in [6.45, 7) is 0. The highest BCUT2D eigenvalue weighted by atomic mass is 31.2. The highest BCUT2D eigenvalue weighted by Gasteiger charge is 3.18. The lowest BCUT2D eigenvalue weighted by molar-refractivity contribution is -0.160. The first kappa shape index (κ1) is 16.6. The second kappa shape index (κ2) is 3.55. The van der Waals surface area contributed by atoms with Gasteiger partial charge in [-0.25, -0.2) is 0 Å². The van der Waals surface area contributed by atoms with Gasteiger partial charge >= 0.3 is 24.7 Å². The van der Waals surface area contributed by atoms with Crippen molar-refractivity contribution in [1.29, 1.82) is 0 Å². The van der Waals surface area contributed by atoms with Gasteiger partial charge in [-0.05, 0) is 15.8 Å². The third kappa shape index (κ3) is 1.39. The fourth-order valence-electron chi connectivity index (χ4n) is 3.11. The predicted molar refractivity (Wildman–Crippen MR) is 50.5 cm³/mol. The van der Waals surface area contributed by atoms with E-state index in [9.17, 15) is 52.7 Å². The first-order valence-corrected chi connectivity index (χ1v) is 7.79. The van der Waals surface area contributed by atoms with E-state index in [1.165, 1.54) is 0 Å². The van der Waals surface area contributed by atoms with Crippen molar-refractivity contribution in [3.05, 3.63) is 10.6 Å². The van der Waals surface area contributed by atoms with Crippen molar-refractivity contribution in [2.45, 2.75) is 34.5 Å². The molecular formula is C8F12P2. The largest absolute Gasteiger partial charge is 0.417 e. The monoisotopic (exact) mass is 386 g/mol. The fraction of sp³-hybridized carbons (Fsp3) is 0.750. The van der Waals surface area contributed by atoms with Crippen molar-refractivity contribution in [3.63, 3.8) is 0 Å². The van der Waals surface area contributed by atoms with Gasteiger partial charge in [0.05, 0.1) is 10.6 Å². The predicted octanol–water partition coefficient (Wildman–Crippen LogP) is 5.84. The molecule has 0 radical (unpaired) electrons. The topological polar surface area (TPSA) is 0 Å². The zero-order valence-electron chi connectivity index (χ0n) is 9.43. The first-order valence-electron chi connectivity index (χ1n) is 5.11. The van der Waals surface area contributed by atoms with Gasteiger partial charge in [0, 0.05) is 0 Å². The number of alkyl halides is 12. The van der Waals surface area contributed by atoms with Gasteiger partial charge in [-0.15, -0.1) is 0 Å². The molecule has 0 atom stereocenters. The van der Waals surface area contributed by atoms with Gasteiger partial charge in [-0.3, -0.25) is 0 Å². The van der Waals surface area contributed by atoms with E-state index >= 15 is 0 Å². The van der Waals surface area contributed by atoms with Crippen molar-refractivity contribution in [3.8, 4) is 0 Å². The Kier molecular flexibility index (Phi) is 2.68. The van der Waals surface area contributed by atoms with E-state index in [2.05, 4.69) is 0 Å². The van der Waals surface area contributed by atoms with Crippen LogP contribution in [0.2, 0.25) is 0 Å². The molecule has 126 valence electrons. The molecule has 0 unspecified atom stereocenters. The van der Waals surface area contributed by atoms with Crippen molar-refractivity contribution >= 4 is 15.8 Å². The van der Waals surface area contributed by atoms with Gasteiger partial charge < -0.3 is 0 Å². The SMILES string of the molecule is FC(F)(F)C1=C(C(F)(F)F)P2C3(C(F)(F)F)P1C23C(F)(F)F. The van der Waals surface area contributed by atoms with Crippen LogP contribution in [0.3, 0.4) is 0 Å².